The van der Waals surface area contributed by atoms with Gasteiger partial charge < -0.3 is 0 Å². The molecule has 1 aromatic rings. The first-order valence-electron chi connectivity index (χ1n) is 7.27. The lowest BCUT2D eigenvalue weighted by Crippen LogP contribution is -2.06. The summed E-state index contributed by atoms with van der Waals surface area (Å²) in [7, 11) is -3.20. The van der Waals surface area contributed by atoms with Crippen LogP contribution in [0.25, 0.3) is 0 Å². The Morgan fingerprint density at radius 2 is 1.50 bits per heavy atom. The Balaban J connectivity index is 2.85. The summed E-state index contributed by atoms with van der Waals surface area (Å²) in [6.45, 7) is 8.67. The molecule has 0 radical (unpaired) electrons. The highest BCUT2D eigenvalue weighted by Gasteiger charge is 2.13. The van der Waals surface area contributed by atoms with Crippen LogP contribution in [0.15, 0.2) is 46.9 Å². The smallest absolute Gasteiger partial charge is 0.181 e. The van der Waals surface area contributed by atoms with E-state index in [4.69, 9.17) is 0 Å². The monoisotopic (exact) mass is 294 g/mol. The fourth-order valence-corrected chi connectivity index (χ4v) is 3.47. The molecule has 0 heterocycles. The Kier molecular flexibility index (Phi) is 6.47. The van der Waals surface area contributed by atoms with E-state index in [0.29, 0.717) is 16.7 Å². The molecule has 0 saturated carbocycles. The molecular weight excluding hydrogens is 268 g/mol. The van der Waals surface area contributed by atoms with Gasteiger partial charge in [-0.2, -0.15) is 0 Å². The Morgan fingerprint density at radius 3 is 1.95 bits per heavy atom. The van der Waals surface area contributed by atoms with Crippen LogP contribution < -0.4 is 0 Å². The molecular formula is C17H26O2S. The number of rotatable bonds is 7. The largest absolute Gasteiger partial charge is 0.223 e. The summed E-state index contributed by atoms with van der Waals surface area (Å²) in [4.78, 5) is 0.407. The highest BCUT2D eigenvalue weighted by Crippen LogP contribution is 2.20. The topological polar surface area (TPSA) is 34.1 Å². The van der Waals surface area contributed by atoms with Crippen LogP contribution in [0.3, 0.4) is 0 Å². The fourth-order valence-electron chi connectivity index (χ4n) is 2.25. The average Bonchev–Trinajstić information content (AvgIpc) is 2.36. The van der Waals surface area contributed by atoms with Crippen molar-refractivity contribution < 1.29 is 8.42 Å². The van der Waals surface area contributed by atoms with Gasteiger partial charge in [0.15, 0.2) is 9.84 Å². The summed E-state index contributed by atoms with van der Waals surface area (Å²) in [6, 6.07) is 8.68. The minimum atomic E-state index is -3.20. The molecule has 3 heteroatoms. The highest BCUT2D eigenvalue weighted by atomic mass is 32.2. The van der Waals surface area contributed by atoms with E-state index in [1.54, 1.807) is 24.3 Å². The van der Waals surface area contributed by atoms with Crippen molar-refractivity contribution in [2.24, 2.45) is 11.8 Å². The van der Waals surface area contributed by atoms with Crippen LogP contribution in [0.4, 0.5) is 0 Å². The van der Waals surface area contributed by atoms with E-state index in [1.807, 2.05) is 12.1 Å². The molecule has 0 bridgehead atoms. The zero-order chi connectivity index (χ0) is 15.2. The first-order chi connectivity index (χ1) is 9.31. The third-order valence-electron chi connectivity index (χ3n) is 3.03. The quantitative estimate of drug-likeness (QED) is 0.695. The van der Waals surface area contributed by atoms with Gasteiger partial charge in [0.05, 0.1) is 10.6 Å². The zero-order valence-corrected chi connectivity index (χ0v) is 13.8. The summed E-state index contributed by atoms with van der Waals surface area (Å²) < 4.78 is 24.5. The Labute approximate surface area is 123 Å². The lowest BCUT2D eigenvalue weighted by Gasteiger charge is -2.13. The van der Waals surface area contributed by atoms with Crippen molar-refractivity contribution in [1.29, 1.82) is 0 Å². The van der Waals surface area contributed by atoms with Crippen LogP contribution in [0.5, 0.6) is 0 Å². The Morgan fingerprint density at radius 1 is 1.00 bits per heavy atom. The maximum atomic E-state index is 12.3. The minimum Gasteiger partial charge on any atom is -0.223 e. The number of hydrogen-bond donors (Lipinski definition) is 0. The van der Waals surface area contributed by atoms with Crippen LogP contribution in [0, 0.1) is 11.8 Å². The van der Waals surface area contributed by atoms with Crippen molar-refractivity contribution in [1.82, 2.24) is 0 Å². The molecule has 0 amide bonds. The Bertz CT molecular complexity index is 513. The van der Waals surface area contributed by atoms with Gasteiger partial charge in [0.25, 0.3) is 0 Å². The van der Waals surface area contributed by atoms with Gasteiger partial charge in [-0.05, 0) is 36.8 Å². The molecule has 2 nitrogen and oxygen atoms in total. The highest BCUT2D eigenvalue weighted by molar-refractivity contribution is 7.91. The van der Waals surface area contributed by atoms with Crippen molar-refractivity contribution in [3.63, 3.8) is 0 Å². The second-order valence-electron chi connectivity index (χ2n) is 6.15. The summed E-state index contributed by atoms with van der Waals surface area (Å²) in [5.41, 5.74) is 1.26. The van der Waals surface area contributed by atoms with Crippen molar-refractivity contribution >= 4 is 9.84 Å². The molecule has 0 aliphatic carbocycles. The minimum absolute atomic E-state index is 0.103. The molecule has 0 aliphatic rings. The molecule has 0 fully saturated rings. The first-order valence-corrected chi connectivity index (χ1v) is 8.92. The van der Waals surface area contributed by atoms with E-state index in [-0.39, 0.29) is 5.75 Å². The van der Waals surface area contributed by atoms with Gasteiger partial charge in [0.2, 0.25) is 0 Å². The molecule has 0 N–H and O–H groups in total. The van der Waals surface area contributed by atoms with Crippen LogP contribution in [0.2, 0.25) is 0 Å². The van der Waals surface area contributed by atoms with Crippen LogP contribution >= 0.6 is 0 Å². The molecule has 0 saturated heterocycles. The summed E-state index contributed by atoms with van der Waals surface area (Å²) in [5.74, 6) is 1.21. The molecule has 1 aromatic carbocycles. The second kappa shape index (κ2) is 7.63. The molecule has 20 heavy (non-hydrogen) atoms. The lowest BCUT2D eigenvalue weighted by molar-refractivity contribution is 0.568. The second-order valence-corrected chi connectivity index (χ2v) is 8.19. The summed E-state index contributed by atoms with van der Waals surface area (Å²) in [5, 5.41) is 0. The van der Waals surface area contributed by atoms with E-state index in [9.17, 15) is 8.42 Å². The van der Waals surface area contributed by atoms with Crippen LogP contribution in [-0.2, 0) is 9.84 Å². The van der Waals surface area contributed by atoms with E-state index < -0.39 is 9.84 Å². The normalized spacial score (nSPS) is 11.9. The number of benzene rings is 1. The standard InChI is InChI=1S/C17H26O2S/c1-14(2)12-16(13-15(3)4)10-11-20(18,19)17-8-6-5-7-9-17/h5-10,14-15H,11-13H2,1-4H3. The predicted molar refractivity (Wildman–Crippen MR) is 85.5 cm³/mol. The lowest BCUT2D eigenvalue weighted by atomic mass is 9.95. The van der Waals surface area contributed by atoms with Gasteiger partial charge in [0, 0.05) is 0 Å². The van der Waals surface area contributed by atoms with E-state index in [0.717, 1.165) is 12.8 Å². The molecule has 112 valence electrons. The van der Waals surface area contributed by atoms with E-state index in [1.165, 1.54) is 5.57 Å². The summed E-state index contributed by atoms with van der Waals surface area (Å²) in [6.07, 6.45) is 3.87. The van der Waals surface area contributed by atoms with Gasteiger partial charge in [-0.3, -0.25) is 0 Å². The molecule has 0 atom stereocenters. The summed E-state index contributed by atoms with van der Waals surface area (Å²) >= 11 is 0. The van der Waals surface area contributed by atoms with Gasteiger partial charge in [-0.1, -0.05) is 57.5 Å². The van der Waals surface area contributed by atoms with Crippen molar-refractivity contribution in [2.45, 2.75) is 45.4 Å². The van der Waals surface area contributed by atoms with Gasteiger partial charge in [-0.15, -0.1) is 0 Å². The fraction of sp³-hybridized carbons (Fsp3) is 0.529. The number of hydrogen-bond acceptors (Lipinski definition) is 2. The third kappa shape index (κ3) is 5.91. The number of sulfone groups is 1. The van der Waals surface area contributed by atoms with E-state index in [2.05, 4.69) is 27.7 Å². The first kappa shape index (κ1) is 17.0. The SMILES string of the molecule is CC(C)CC(=CCS(=O)(=O)c1ccccc1)CC(C)C. The van der Waals surface area contributed by atoms with Gasteiger partial charge in [0.1, 0.15) is 0 Å². The van der Waals surface area contributed by atoms with Crippen molar-refractivity contribution in [3.8, 4) is 0 Å². The van der Waals surface area contributed by atoms with E-state index >= 15 is 0 Å². The maximum Gasteiger partial charge on any atom is 0.181 e. The molecule has 0 aromatic heterocycles. The third-order valence-corrected chi connectivity index (χ3v) is 4.63. The Hall–Kier alpha value is -1.09. The predicted octanol–water partition coefficient (Wildman–Crippen LogP) is 4.48. The van der Waals surface area contributed by atoms with Crippen molar-refractivity contribution in [2.75, 3.05) is 5.75 Å². The average molecular weight is 294 g/mol. The molecule has 1 rings (SSSR count). The van der Waals surface area contributed by atoms with Crippen LogP contribution in [-0.4, -0.2) is 14.2 Å². The van der Waals surface area contributed by atoms with Gasteiger partial charge in [-0.25, -0.2) is 8.42 Å². The van der Waals surface area contributed by atoms with Crippen LogP contribution in [0.1, 0.15) is 40.5 Å². The molecule has 0 unspecified atom stereocenters. The molecule has 0 aliphatic heterocycles. The maximum absolute atomic E-state index is 12.3. The number of allylic oxidation sites excluding steroid dienone is 1. The molecule has 0 spiro atoms. The zero-order valence-electron chi connectivity index (χ0n) is 13.0. The van der Waals surface area contributed by atoms with Crippen molar-refractivity contribution in [3.05, 3.63) is 42.0 Å². The van der Waals surface area contributed by atoms with Gasteiger partial charge >= 0.3 is 0 Å².